The van der Waals surface area contributed by atoms with Gasteiger partial charge in [0.05, 0.1) is 6.54 Å². The van der Waals surface area contributed by atoms with E-state index in [-0.39, 0.29) is 6.03 Å². The van der Waals surface area contributed by atoms with E-state index in [1.54, 1.807) is 43.2 Å². The van der Waals surface area contributed by atoms with Gasteiger partial charge < -0.3 is 15.5 Å². The number of carbonyl (C=O) groups excluding carboxylic acids is 1. The molecule has 0 aliphatic heterocycles. The van der Waals surface area contributed by atoms with Crippen molar-refractivity contribution in [2.75, 3.05) is 30.5 Å². The molecule has 1 aromatic carbocycles. The summed E-state index contributed by atoms with van der Waals surface area (Å²) in [4.78, 5) is 23.3. The molecule has 0 fully saturated rings. The topological polar surface area (TPSA) is 70.2 Å². The quantitative estimate of drug-likeness (QED) is 0.795. The molecule has 0 saturated carbocycles. The largest absolute Gasteiger partial charge is 0.357 e. The molecule has 2 aromatic rings. The number of anilines is 2. The summed E-state index contributed by atoms with van der Waals surface area (Å²) in [7, 11) is 3.50. The van der Waals surface area contributed by atoms with Crippen LogP contribution in [0.15, 0.2) is 41.6 Å². The van der Waals surface area contributed by atoms with Gasteiger partial charge in [-0.1, -0.05) is 6.92 Å². The lowest BCUT2D eigenvalue weighted by Gasteiger charge is -2.18. The molecule has 2 N–H and O–H groups in total. The van der Waals surface area contributed by atoms with Gasteiger partial charge in [0.2, 0.25) is 5.95 Å². The maximum absolute atomic E-state index is 12.2. The Morgan fingerprint density at radius 2 is 1.87 bits per heavy atom. The summed E-state index contributed by atoms with van der Waals surface area (Å²) < 4.78 is 0. The van der Waals surface area contributed by atoms with Gasteiger partial charge in [0.15, 0.2) is 0 Å². The van der Waals surface area contributed by atoms with E-state index in [2.05, 4.69) is 27.5 Å². The van der Waals surface area contributed by atoms with Crippen LogP contribution in [0.5, 0.6) is 0 Å². The first-order valence-electron chi connectivity index (χ1n) is 7.36. The Hall–Kier alpha value is -2.28. The van der Waals surface area contributed by atoms with Crippen LogP contribution < -0.4 is 10.6 Å². The third-order valence-electron chi connectivity index (χ3n) is 3.11. The minimum atomic E-state index is -0.168. The highest BCUT2D eigenvalue weighted by Crippen LogP contribution is 2.20. The third kappa shape index (κ3) is 5.14. The van der Waals surface area contributed by atoms with E-state index in [4.69, 9.17) is 0 Å². The number of aromatic nitrogens is 2. The normalized spacial score (nSPS) is 10.2. The van der Waals surface area contributed by atoms with Crippen molar-refractivity contribution in [1.29, 1.82) is 0 Å². The summed E-state index contributed by atoms with van der Waals surface area (Å²) >= 11 is 1.77. The molecule has 6 nitrogen and oxygen atoms in total. The molecule has 0 saturated heterocycles. The second kappa shape index (κ2) is 8.38. The van der Waals surface area contributed by atoms with Crippen LogP contribution in [0.2, 0.25) is 0 Å². The van der Waals surface area contributed by atoms with Gasteiger partial charge in [-0.05, 0) is 30.0 Å². The number of rotatable bonds is 6. The zero-order valence-electron chi connectivity index (χ0n) is 13.5. The molecule has 0 unspecified atom stereocenters. The Morgan fingerprint density at radius 3 is 2.43 bits per heavy atom. The second-order valence-electron chi connectivity index (χ2n) is 4.91. The molecule has 1 aromatic heterocycles. The van der Waals surface area contributed by atoms with Gasteiger partial charge in [0.1, 0.15) is 0 Å². The molecule has 2 amide bonds. The number of hydrogen-bond donors (Lipinski definition) is 2. The van der Waals surface area contributed by atoms with Crippen molar-refractivity contribution in [2.24, 2.45) is 0 Å². The van der Waals surface area contributed by atoms with E-state index in [9.17, 15) is 4.79 Å². The highest BCUT2D eigenvalue weighted by molar-refractivity contribution is 7.99. The van der Waals surface area contributed by atoms with E-state index in [1.807, 2.05) is 24.3 Å². The zero-order valence-corrected chi connectivity index (χ0v) is 14.4. The fourth-order valence-corrected chi connectivity index (χ4v) is 2.59. The van der Waals surface area contributed by atoms with Crippen LogP contribution in [0, 0.1) is 0 Å². The molecule has 23 heavy (non-hydrogen) atoms. The fourth-order valence-electron chi connectivity index (χ4n) is 1.93. The molecule has 0 spiro atoms. The highest BCUT2D eigenvalue weighted by Gasteiger charge is 2.10. The number of nitrogens with one attached hydrogen (secondary N) is 2. The molecule has 1 heterocycles. The molecule has 0 bridgehead atoms. The number of thioether (sulfide) groups is 1. The molecule has 0 aliphatic rings. The summed E-state index contributed by atoms with van der Waals surface area (Å²) in [5.74, 6) is 1.59. The van der Waals surface area contributed by atoms with E-state index >= 15 is 0 Å². The molecular weight excluding hydrogens is 310 g/mol. The van der Waals surface area contributed by atoms with Crippen LogP contribution in [0.3, 0.4) is 0 Å². The molecule has 122 valence electrons. The number of nitrogens with zero attached hydrogens (tertiary/aromatic N) is 3. The number of carbonyl (C=O) groups is 1. The van der Waals surface area contributed by atoms with Gasteiger partial charge in [-0.2, -0.15) is 0 Å². The monoisotopic (exact) mass is 331 g/mol. The van der Waals surface area contributed by atoms with Crippen molar-refractivity contribution >= 4 is 29.4 Å². The van der Waals surface area contributed by atoms with Gasteiger partial charge in [-0.25, -0.2) is 14.8 Å². The summed E-state index contributed by atoms with van der Waals surface area (Å²) in [5, 5.41) is 5.74. The minimum Gasteiger partial charge on any atom is -0.357 e. The molecule has 0 radical (unpaired) electrons. The van der Waals surface area contributed by atoms with Crippen LogP contribution in [0.1, 0.15) is 12.5 Å². The van der Waals surface area contributed by atoms with Crippen molar-refractivity contribution in [2.45, 2.75) is 18.4 Å². The van der Waals surface area contributed by atoms with Crippen molar-refractivity contribution in [3.63, 3.8) is 0 Å². The van der Waals surface area contributed by atoms with Gasteiger partial charge >= 0.3 is 6.03 Å². The van der Waals surface area contributed by atoms with Crippen molar-refractivity contribution in [1.82, 2.24) is 14.9 Å². The van der Waals surface area contributed by atoms with Crippen molar-refractivity contribution in [3.05, 3.63) is 42.2 Å². The van der Waals surface area contributed by atoms with Crippen LogP contribution in [0.4, 0.5) is 16.4 Å². The lowest BCUT2D eigenvalue weighted by Crippen LogP contribution is -2.30. The van der Waals surface area contributed by atoms with Crippen molar-refractivity contribution < 1.29 is 4.79 Å². The Morgan fingerprint density at radius 1 is 1.22 bits per heavy atom. The van der Waals surface area contributed by atoms with Gasteiger partial charge in [-0.15, -0.1) is 11.8 Å². The van der Waals surface area contributed by atoms with Crippen LogP contribution >= 0.6 is 11.8 Å². The SMILES string of the molecule is CCSc1ccc(NC(=O)N(C)Cc2cnc(NC)nc2)cc1. The van der Waals surface area contributed by atoms with E-state index in [0.29, 0.717) is 12.5 Å². The van der Waals surface area contributed by atoms with Gasteiger partial charge in [0, 0.05) is 42.6 Å². The lowest BCUT2D eigenvalue weighted by molar-refractivity contribution is 0.220. The number of amides is 2. The Bertz CT molecular complexity index is 630. The van der Waals surface area contributed by atoms with Crippen LogP contribution in [0.25, 0.3) is 0 Å². The first kappa shape index (κ1) is 17.1. The summed E-state index contributed by atoms with van der Waals surface area (Å²) in [5.41, 5.74) is 1.65. The van der Waals surface area contributed by atoms with E-state index < -0.39 is 0 Å². The molecule has 2 rings (SSSR count). The predicted molar refractivity (Wildman–Crippen MR) is 94.9 cm³/mol. The molecule has 0 aliphatic carbocycles. The van der Waals surface area contributed by atoms with Crippen molar-refractivity contribution in [3.8, 4) is 0 Å². The van der Waals surface area contributed by atoms with Crippen LogP contribution in [-0.2, 0) is 6.54 Å². The second-order valence-corrected chi connectivity index (χ2v) is 6.25. The smallest absolute Gasteiger partial charge is 0.321 e. The Labute approximate surface area is 140 Å². The fraction of sp³-hybridized carbons (Fsp3) is 0.312. The van der Waals surface area contributed by atoms with Crippen LogP contribution in [-0.4, -0.2) is 40.7 Å². The minimum absolute atomic E-state index is 0.168. The molecule has 0 atom stereocenters. The standard InChI is InChI=1S/C16H21N5OS/c1-4-23-14-7-5-13(6-8-14)20-16(22)21(3)11-12-9-18-15(17-2)19-10-12/h5-10H,4,11H2,1-3H3,(H,20,22)(H,17,18,19). The average molecular weight is 331 g/mol. The summed E-state index contributed by atoms with van der Waals surface area (Å²) in [6, 6.07) is 7.67. The first-order valence-corrected chi connectivity index (χ1v) is 8.34. The number of urea groups is 1. The average Bonchev–Trinajstić information content (AvgIpc) is 2.57. The van der Waals surface area contributed by atoms with Gasteiger partial charge in [0.25, 0.3) is 0 Å². The maximum Gasteiger partial charge on any atom is 0.321 e. The first-order chi connectivity index (χ1) is 11.1. The maximum atomic E-state index is 12.2. The molecule has 7 heteroatoms. The van der Waals surface area contributed by atoms with E-state index in [1.165, 1.54) is 4.90 Å². The zero-order chi connectivity index (χ0) is 16.7. The molecular formula is C16H21N5OS. The summed E-state index contributed by atoms with van der Waals surface area (Å²) in [6.45, 7) is 2.56. The Kier molecular flexibility index (Phi) is 6.22. The lowest BCUT2D eigenvalue weighted by atomic mass is 10.3. The van der Waals surface area contributed by atoms with Gasteiger partial charge in [-0.3, -0.25) is 0 Å². The predicted octanol–water partition coefficient (Wildman–Crippen LogP) is 3.29. The number of benzene rings is 1. The summed E-state index contributed by atoms with van der Waals surface area (Å²) in [6.07, 6.45) is 3.42. The Balaban J connectivity index is 1.90. The highest BCUT2D eigenvalue weighted by atomic mass is 32.2. The van der Waals surface area contributed by atoms with E-state index in [0.717, 1.165) is 17.0 Å². The third-order valence-corrected chi connectivity index (χ3v) is 4.01. The number of hydrogen-bond acceptors (Lipinski definition) is 5.